The highest BCUT2D eigenvalue weighted by atomic mass is 32.1. The van der Waals surface area contributed by atoms with Crippen LogP contribution in [0.4, 0.5) is 5.00 Å². The summed E-state index contributed by atoms with van der Waals surface area (Å²) in [6.45, 7) is 6.98. The second kappa shape index (κ2) is 8.61. The molecular formula is C26H28N2O3S2. The average Bonchev–Trinajstić information content (AvgIpc) is 3.47. The number of hydrogen-bond donors (Lipinski definition) is 2. The fourth-order valence-electron chi connectivity index (χ4n) is 4.73. The number of benzene rings is 1. The maximum absolute atomic E-state index is 13.1. The van der Waals surface area contributed by atoms with E-state index in [1.54, 1.807) is 23.5 Å². The van der Waals surface area contributed by atoms with Gasteiger partial charge in [0.1, 0.15) is 21.8 Å². The monoisotopic (exact) mass is 480 g/mol. The number of fused-ring (bicyclic) bond motifs is 3. The van der Waals surface area contributed by atoms with Gasteiger partial charge in [-0.3, -0.25) is 4.79 Å². The summed E-state index contributed by atoms with van der Waals surface area (Å²) in [5, 5.41) is 9.42. The molecule has 1 amide bonds. The molecule has 172 valence electrons. The Hall–Kier alpha value is -2.64. The molecule has 1 aromatic carbocycles. The Balaban J connectivity index is 1.36. The first kappa shape index (κ1) is 22.2. The minimum Gasteiger partial charge on any atom is -0.422 e. The van der Waals surface area contributed by atoms with Crippen molar-refractivity contribution in [1.82, 2.24) is 5.32 Å². The van der Waals surface area contributed by atoms with E-state index in [0.717, 1.165) is 41.8 Å². The van der Waals surface area contributed by atoms with Crippen molar-refractivity contribution in [1.29, 1.82) is 0 Å². The molecule has 0 spiro atoms. The van der Waals surface area contributed by atoms with Crippen LogP contribution in [0.5, 0.6) is 5.75 Å². The highest BCUT2D eigenvalue weighted by molar-refractivity contribution is 7.16. The fraction of sp³-hybridized carbons (Fsp3) is 0.385. The molecule has 0 saturated carbocycles. The second-order valence-corrected chi connectivity index (χ2v) is 11.5. The van der Waals surface area contributed by atoms with Gasteiger partial charge in [0, 0.05) is 4.88 Å². The van der Waals surface area contributed by atoms with Gasteiger partial charge in [0.05, 0.1) is 5.56 Å². The third-order valence-electron chi connectivity index (χ3n) is 7.18. The lowest BCUT2D eigenvalue weighted by Crippen LogP contribution is -2.38. The van der Waals surface area contributed by atoms with Gasteiger partial charge in [-0.1, -0.05) is 45.4 Å². The molecule has 2 aliphatic rings. The Morgan fingerprint density at radius 2 is 2.06 bits per heavy atom. The van der Waals surface area contributed by atoms with Crippen LogP contribution in [0.1, 0.15) is 75.8 Å². The number of carbonyl (C=O) groups is 2. The summed E-state index contributed by atoms with van der Waals surface area (Å²) in [5.74, 6) is 0.701. The number of rotatable bonds is 5. The first-order valence-corrected chi connectivity index (χ1v) is 13.1. The quantitative estimate of drug-likeness (QED) is 0.326. The Labute approximate surface area is 202 Å². The summed E-state index contributed by atoms with van der Waals surface area (Å²) < 4.78 is 5.54. The molecular weight excluding hydrogens is 452 g/mol. The summed E-state index contributed by atoms with van der Waals surface area (Å²) in [6, 6.07) is 10.9. The van der Waals surface area contributed by atoms with Crippen molar-refractivity contribution < 1.29 is 14.3 Å². The second-order valence-electron chi connectivity index (χ2n) is 9.48. The van der Waals surface area contributed by atoms with Crippen LogP contribution in [0, 0.1) is 11.3 Å². The number of nitrogens with one attached hydrogen (secondary N) is 2. The molecule has 0 fully saturated rings. The normalized spacial score (nSPS) is 19.8. The van der Waals surface area contributed by atoms with Gasteiger partial charge in [-0.05, 0) is 65.3 Å². The van der Waals surface area contributed by atoms with Gasteiger partial charge in [0.2, 0.25) is 0 Å². The highest BCUT2D eigenvalue weighted by Crippen LogP contribution is 2.47. The van der Waals surface area contributed by atoms with E-state index in [2.05, 4.69) is 31.4 Å². The van der Waals surface area contributed by atoms with Crippen LogP contribution in [0.25, 0.3) is 0 Å². The smallest absolute Gasteiger partial charge is 0.353 e. The lowest BCUT2D eigenvalue weighted by molar-refractivity contribution is 0.0739. The number of esters is 1. The molecule has 2 N–H and O–H groups in total. The SMILES string of the molecule is CCC(C)(C)[C@H]1CCc2c(sc3c2C(=O)N[C@H](c2cccc(OC(=O)c4cccs4)c2)N3)C1. The van der Waals surface area contributed by atoms with E-state index in [1.807, 2.05) is 29.6 Å². The lowest BCUT2D eigenvalue weighted by atomic mass is 9.69. The van der Waals surface area contributed by atoms with E-state index >= 15 is 0 Å². The van der Waals surface area contributed by atoms with Gasteiger partial charge in [-0.2, -0.15) is 0 Å². The van der Waals surface area contributed by atoms with Gasteiger partial charge >= 0.3 is 5.97 Å². The predicted octanol–water partition coefficient (Wildman–Crippen LogP) is 6.42. The first-order valence-electron chi connectivity index (χ1n) is 11.4. The highest BCUT2D eigenvalue weighted by Gasteiger charge is 2.37. The first-order chi connectivity index (χ1) is 15.9. The molecule has 1 aliphatic carbocycles. The standard InChI is InChI=1S/C26H28N2O3S2/c1-4-26(2,3)16-10-11-18-20(14-16)33-24-21(18)23(29)27-22(28-24)15-7-5-8-17(13-15)31-25(30)19-9-6-12-32-19/h5-9,12-13,16,22,28H,4,10-11,14H2,1-3H3,(H,27,29)/t16-,22-/m0/s1. The van der Waals surface area contributed by atoms with Crippen molar-refractivity contribution in [2.45, 2.75) is 52.6 Å². The Kier molecular flexibility index (Phi) is 5.79. The zero-order valence-corrected chi connectivity index (χ0v) is 20.7. The van der Waals surface area contributed by atoms with Crippen molar-refractivity contribution in [3.8, 4) is 5.75 Å². The van der Waals surface area contributed by atoms with Crippen LogP contribution < -0.4 is 15.4 Å². The largest absolute Gasteiger partial charge is 0.422 e. The van der Waals surface area contributed by atoms with Crippen LogP contribution in [-0.4, -0.2) is 11.9 Å². The van der Waals surface area contributed by atoms with Gasteiger partial charge in [0.15, 0.2) is 0 Å². The van der Waals surface area contributed by atoms with Gasteiger partial charge < -0.3 is 15.4 Å². The summed E-state index contributed by atoms with van der Waals surface area (Å²) in [5.41, 5.74) is 3.20. The average molecular weight is 481 g/mol. The molecule has 1 aliphatic heterocycles. The maximum atomic E-state index is 13.1. The van der Waals surface area contributed by atoms with Crippen molar-refractivity contribution >= 4 is 39.6 Å². The minimum atomic E-state index is -0.374. The van der Waals surface area contributed by atoms with Crippen molar-refractivity contribution in [3.05, 3.63) is 68.2 Å². The molecule has 5 nitrogen and oxygen atoms in total. The molecule has 7 heteroatoms. The minimum absolute atomic E-state index is 0.0274. The van der Waals surface area contributed by atoms with Crippen LogP contribution in [0.15, 0.2) is 41.8 Å². The molecule has 2 aromatic heterocycles. The number of thiophene rings is 2. The number of carbonyl (C=O) groups excluding carboxylic acids is 2. The summed E-state index contributed by atoms with van der Waals surface area (Å²) in [4.78, 5) is 27.3. The lowest BCUT2D eigenvalue weighted by Gasteiger charge is -2.36. The van der Waals surface area contributed by atoms with Crippen molar-refractivity contribution in [2.75, 3.05) is 5.32 Å². The van der Waals surface area contributed by atoms with Gasteiger partial charge in [-0.15, -0.1) is 22.7 Å². The zero-order chi connectivity index (χ0) is 23.2. The van der Waals surface area contributed by atoms with Crippen LogP contribution in [-0.2, 0) is 12.8 Å². The van der Waals surface area contributed by atoms with E-state index in [4.69, 9.17) is 4.74 Å². The third kappa shape index (κ3) is 4.20. The molecule has 3 heterocycles. The van der Waals surface area contributed by atoms with E-state index < -0.39 is 0 Å². The molecule has 0 bridgehead atoms. The predicted molar refractivity (Wildman–Crippen MR) is 133 cm³/mol. The molecule has 2 atom stereocenters. The van der Waals surface area contributed by atoms with Crippen LogP contribution in [0.2, 0.25) is 0 Å². The van der Waals surface area contributed by atoms with E-state index in [-0.39, 0.29) is 18.0 Å². The van der Waals surface area contributed by atoms with Crippen LogP contribution in [0.3, 0.4) is 0 Å². The van der Waals surface area contributed by atoms with Gasteiger partial charge in [-0.25, -0.2) is 4.79 Å². The molecule has 0 radical (unpaired) electrons. The maximum Gasteiger partial charge on any atom is 0.353 e. The van der Waals surface area contributed by atoms with Crippen LogP contribution >= 0.6 is 22.7 Å². The Bertz CT molecular complexity index is 1200. The molecule has 5 rings (SSSR count). The molecule has 0 unspecified atom stereocenters. The number of hydrogen-bond acceptors (Lipinski definition) is 6. The number of amides is 1. The van der Waals surface area contributed by atoms with E-state index in [9.17, 15) is 9.59 Å². The topological polar surface area (TPSA) is 67.4 Å². The molecule has 3 aromatic rings. The third-order valence-corrected chi connectivity index (χ3v) is 9.22. The Morgan fingerprint density at radius 1 is 1.21 bits per heavy atom. The van der Waals surface area contributed by atoms with Crippen molar-refractivity contribution in [3.63, 3.8) is 0 Å². The van der Waals surface area contributed by atoms with E-state index in [1.165, 1.54) is 21.8 Å². The molecule has 33 heavy (non-hydrogen) atoms. The Morgan fingerprint density at radius 3 is 2.82 bits per heavy atom. The summed E-state index contributed by atoms with van der Waals surface area (Å²) >= 11 is 3.08. The summed E-state index contributed by atoms with van der Waals surface area (Å²) in [6.07, 6.45) is 3.93. The summed E-state index contributed by atoms with van der Waals surface area (Å²) in [7, 11) is 0. The van der Waals surface area contributed by atoms with Gasteiger partial charge in [0.25, 0.3) is 5.91 Å². The fourth-order valence-corrected chi connectivity index (χ4v) is 6.68. The molecule has 0 saturated heterocycles. The van der Waals surface area contributed by atoms with E-state index in [0.29, 0.717) is 22.0 Å². The van der Waals surface area contributed by atoms with Crippen molar-refractivity contribution in [2.24, 2.45) is 11.3 Å². The number of ether oxygens (including phenoxy) is 1. The zero-order valence-electron chi connectivity index (χ0n) is 19.1. The number of anilines is 1.